The molecule has 28 heavy (non-hydrogen) atoms. The number of halogens is 2. The third kappa shape index (κ3) is 3.15. The molecule has 1 unspecified atom stereocenters. The van der Waals surface area contributed by atoms with Crippen LogP contribution in [0.1, 0.15) is 48.7 Å². The fraction of sp³-hybridized carbons (Fsp3) is 0.500. The van der Waals surface area contributed by atoms with Gasteiger partial charge in [0.2, 0.25) is 5.43 Å². The first kappa shape index (κ1) is 18.9. The summed E-state index contributed by atoms with van der Waals surface area (Å²) in [6, 6.07) is 1.12. The number of carbonyl (C=O) groups excluding carboxylic acids is 1. The topological polar surface area (TPSA) is 74.4 Å². The molecule has 2 heterocycles. The number of rotatable bonds is 4. The molecular formula is C20H23F2N3O3. The highest BCUT2D eigenvalue weighted by Gasteiger charge is 2.34. The van der Waals surface area contributed by atoms with Crippen molar-refractivity contribution in [2.45, 2.75) is 38.6 Å². The number of nitrogens with one attached hydrogen (secondary N) is 2. The molecule has 1 aliphatic heterocycles. The predicted octanol–water partition coefficient (Wildman–Crippen LogP) is 2.66. The van der Waals surface area contributed by atoms with Crippen LogP contribution in [0, 0.1) is 11.6 Å². The molecule has 4 rings (SSSR count). The molecule has 0 amide bonds. The van der Waals surface area contributed by atoms with Crippen molar-refractivity contribution in [2.75, 3.05) is 31.1 Å². The van der Waals surface area contributed by atoms with E-state index in [-0.39, 0.29) is 40.7 Å². The van der Waals surface area contributed by atoms with Gasteiger partial charge in [0, 0.05) is 37.3 Å². The van der Waals surface area contributed by atoms with E-state index in [1.165, 1.54) is 0 Å². The van der Waals surface area contributed by atoms with Gasteiger partial charge in [-0.3, -0.25) is 4.79 Å². The monoisotopic (exact) mass is 391 g/mol. The van der Waals surface area contributed by atoms with Gasteiger partial charge >= 0.3 is 5.97 Å². The maximum Gasteiger partial charge on any atom is 0.343 e. The van der Waals surface area contributed by atoms with Crippen molar-refractivity contribution in [3.63, 3.8) is 0 Å². The second-order valence-corrected chi connectivity index (χ2v) is 7.48. The summed E-state index contributed by atoms with van der Waals surface area (Å²) < 4.78 is 35.2. The number of aromatic nitrogens is 1. The zero-order valence-corrected chi connectivity index (χ0v) is 15.9. The van der Waals surface area contributed by atoms with E-state index in [1.54, 1.807) is 11.8 Å². The molecule has 150 valence electrons. The van der Waals surface area contributed by atoms with E-state index in [4.69, 9.17) is 4.74 Å². The molecule has 1 saturated heterocycles. The van der Waals surface area contributed by atoms with Crippen LogP contribution in [-0.2, 0) is 4.74 Å². The number of anilines is 1. The number of fused-ring (bicyclic) bond motifs is 1. The highest BCUT2D eigenvalue weighted by atomic mass is 19.1. The average Bonchev–Trinajstić information content (AvgIpc) is 3.47. The summed E-state index contributed by atoms with van der Waals surface area (Å²) in [5.41, 5.74) is -0.628. The lowest BCUT2D eigenvalue weighted by Crippen LogP contribution is -2.49. The van der Waals surface area contributed by atoms with E-state index in [2.05, 4.69) is 10.3 Å². The average molecular weight is 391 g/mol. The number of ether oxygens (including phenoxy) is 1. The molecule has 0 spiro atoms. The number of piperazine rings is 1. The lowest BCUT2D eigenvalue weighted by molar-refractivity contribution is 0.0523. The van der Waals surface area contributed by atoms with Crippen LogP contribution >= 0.6 is 0 Å². The highest BCUT2D eigenvalue weighted by molar-refractivity contribution is 5.96. The second kappa shape index (κ2) is 7.16. The first-order valence-electron chi connectivity index (χ1n) is 9.65. The summed E-state index contributed by atoms with van der Waals surface area (Å²) >= 11 is 0. The van der Waals surface area contributed by atoms with Crippen molar-refractivity contribution < 1.29 is 18.3 Å². The standard InChI is InChI=1S/C20H23F2N3O3/c1-3-28-20(27)14-16(11-4-5-11)24-17-12(19(14)26)8-13(21)18(15(17)22)25-7-6-23-10(2)9-25/h8,10-11,23H,3-7,9H2,1-2H3,(H,24,26). The summed E-state index contributed by atoms with van der Waals surface area (Å²) in [5.74, 6) is -2.37. The zero-order valence-electron chi connectivity index (χ0n) is 15.9. The molecule has 2 fully saturated rings. The second-order valence-electron chi connectivity index (χ2n) is 7.48. The Kier molecular flexibility index (Phi) is 4.82. The number of nitrogens with zero attached hydrogens (tertiary/aromatic N) is 1. The Hall–Kier alpha value is -2.48. The number of carbonyl (C=O) groups is 1. The molecule has 2 aliphatic rings. The van der Waals surface area contributed by atoms with Crippen molar-refractivity contribution in [1.29, 1.82) is 0 Å². The Labute approximate surface area is 160 Å². The van der Waals surface area contributed by atoms with E-state index in [0.717, 1.165) is 18.9 Å². The van der Waals surface area contributed by atoms with E-state index in [0.29, 0.717) is 25.3 Å². The molecule has 0 radical (unpaired) electrons. The number of benzene rings is 1. The molecule has 2 aromatic rings. The summed E-state index contributed by atoms with van der Waals surface area (Å²) in [5, 5.41) is 3.06. The molecule has 1 aromatic carbocycles. The first-order valence-corrected chi connectivity index (χ1v) is 9.65. The number of aromatic amines is 1. The van der Waals surface area contributed by atoms with E-state index in [9.17, 15) is 14.0 Å². The van der Waals surface area contributed by atoms with Crippen molar-refractivity contribution in [3.8, 4) is 0 Å². The van der Waals surface area contributed by atoms with Gasteiger partial charge in [0.1, 0.15) is 17.1 Å². The van der Waals surface area contributed by atoms with Crippen LogP contribution in [0.5, 0.6) is 0 Å². The van der Waals surface area contributed by atoms with Crippen LogP contribution in [0.3, 0.4) is 0 Å². The van der Waals surface area contributed by atoms with Crippen LogP contribution in [0.25, 0.3) is 10.9 Å². The van der Waals surface area contributed by atoms with Crippen LogP contribution in [0.4, 0.5) is 14.5 Å². The number of esters is 1. The highest BCUT2D eigenvalue weighted by Crippen LogP contribution is 2.41. The predicted molar refractivity (Wildman–Crippen MR) is 102 cm³/mol. The van der Waals surface area contributed by atoms with Crippen LogP contribution in [0.15, 0.2) is 10.9 Å². The molecule has 1 aromatic heterocycles. The number of hydrogen-bond donors (Lipinski definition) is 2. The largest absolute Gasteiger partial charge is 0.462 e. The summed E-state index contributed by atoms with van der Waals surface area (Å²) in [7, 11) is 0. The molecule has 6 nitrogen and oxygen atoms in total. The summed E-state index contributed by atoms with van der Waals surface area (Å²) in [6.45, 7) is 5.24. The molecule has 1 aliphatic carbocycles. The van der Waals surface area contributed by atoms with Crippen LogP contribution in [0.2, 0.25) is 0 Å². The van der Waals surface area contributed by atoms with Crippen molar-refractivity contribution in [1.82, 2.24) is 10.3 Å². The van der Waals surface area contributed by atoms with Gasteiger partial charge in [-0.2, -0.15) is 0 Å². The van der Waals surface area contributed by atoms with Gasteiger partial charge in [0.15, 0.2) is 5.82 Å². The maximum atomic E-state index is 15.4. The molecule has 1 atom stereocenters. The van der Waals surface area contributed by atoms with Crippen LogP contribution < -0.4 is 15.6 Å². The molecule has 8 heteroatoms. The lowest BCUT2D eigenvalue weighted by Gasteiger charge is -2.34. The van der Waals surface area contributed by atoms with E-state index >= 15 is 4.39 Å². The molecular weight excluding hydrogens is 368 g/mol. The Bertz CT molecular complexity index is 1000. The fourth-order valence-electron chi connectivity index (χ4n) is 3.87. The van der Waals surface area contributed by atoms with Crippen molar-refractivity contribution in [3.05, 3.63) is 39.2 Å². The quantitative estimate of drug-likeness (QED) is 0.784. The van der Waals surface area contributed by atoms with Crippen molar-refractivity contribution in [2.24, 2.45) is 0 Å². The van der Waals surface area contributed by atoms with E-state index in [1.807, 2.05) is 6.92 Å². The van der Waals surface area contributed by atoms with Gasteiger partial charge in [-0.15, -0.1) is 0 Å². The first-order chi connectivity index (χ1) is 13.4. The third-order valence-electron chi connectivity index (χ3n) is 5.34. The summed E-state index contributed by atoms with van der Waals surface area (Å²) in [6.07, 6.45) is 1.61. The SMILES string of the molecule is CCOC(=O)c1c(C2CC2)[nH]c2c(F)c(N3CCNC(C)C3)c(F)cc2c1=O. The van der Waals surface area contributed by atoms with E-state index < -0.39 is 23.0 Å². The minimum atomic E-state index is -0.807. The van der Waals surface area contributed by atoms with Gasteiger partial charge in [-0.05, 0) is 32.8 Å². The Morgan fingerprint density at radius 2 is 2.11 bits per heavy atom. The number of pyridine rings is 1. The molecule has 2 N–H and O–H groups in total. The Morgan fingerprint density at radius 1 is 1.36 bits per heavy atom. The minimum Gasteiger partial charge on any atom is -0.462 e. The number of hydrogen-bond acceptors (Lipinski definition) is 5. The Balaban J connectivity index is 1.92. The normalized spacial score (nSPS) is 19.9. The van der Waals surface area contributed by atoms with Gasteiger partial charge < -0.3 is 19.9 Å². The minimum absolute atomic E-state index is 0.0105. The van der Waals surface area contributed by atoms with Crippen LogP contribution in [-0.4, -0.2) is 43.2 Å². The lowest BCUT2D eigenvalue weighted by atomic mass is 10.0. The fourth-order valence-corrected chi connectivity index (χ4v) is 3.87. The Morgan fingerprint density at radius 3 is 2.75 bits per heavy atom. The van der Waals surface area contributed by atoms with Gasteiger partial charge in [0.05, 0.1) is 17.5 Å². The molecule has 0 bridgehead atoms. The van der Waals surface area contributed by atoms with Gasteiger partial charge in [-0.1, -0.05) is 0 Å². The number of H-pyrrole nitrogens is 1. The summed E-state index contributed by atoms with van der Waals surface area (Å²) in [4.78, 5) is 29.9. The van der Waals surface area contributed by atoms with Gasteiger partial charge in [0.25, 0.3) is 0 Å². The molecule has 1 saturated carbocycles. The smallest absolute Gasteiger partial charge is 0.343 e. The van der Waals surface area contributed by atoms with Gasteiger partial charge in [-0.25, -0.2) is 13.6 Å². The van der Waals surface area contributed by atoms with Crippen molar-refractivity contribution >= 4 is 22.6 Å². The third-order valence-corrected chi connectivity index (χ3v) is 5.34. The maximum absolute atomic E-state index is 15.4. The zero-order chi connectivity index (χ0) is 20.0.